The number of rotatable bonds is 5. The molecule has 0 bridgehead atoms. The van der Waals surface area contributed by atoms with E-state index >= 15 is 0 Å². The molecule has 2 amide bonds. The summed E-state index contributed by atoms with van der Waals surface area (Å²) in [5, 5.41) is 6.50. The van der Waals surface area contributed by atoms with Crippen LogP contribution >= 0.6 is 11.6 Å². The van der Waals surface area contributed by atoms with Gasteiger partial charge in [-0.1, -0.05) is 49.1 Å². The molecule has 1 aliphatic carbocycles. The topological polar surface area (TPSA) is 58.2 Å². The van der Waals surface area contributed by atoms with Crippen LogP contribution in [-0.4, -0.2) is 11.8 Å². The second kappa shape index (κ2) is 8.86. The third-order valence-corrected chi connectivity index (χ3v) is 4.92. The molecule has 0 unspecified atom stereocenters. The molecule has 1 saturated carbocycles. The van der Waals surface area contributed by atoms with Gasteiger partial charge in [-0.25, -0.2) is 0 Å². The van der Waals surface area contributed by atoms with Crippen molar-refractivity contribution in [2.75, 3.05) is 10.6 Å². The molecule has 0 heterocycles. The van der Waals surface area contributed by atoms with E-state index in [9.17, 15) is 9.59 Å². The highest BCUT2D eigenvalue weighted by Gasteiger charge is 2.21. The minimum absolute atomic E-state index is 0.0781. The van der Waals surface area contributed by atoms with Gasteiger partial charge in [-0.2, -0.15) is 0 Å². The highest BCUT2D eigenvalue weighted by molar-refractivity contribution is 6.30. The number of carbonyl (C=O) groups is 2. The van der Waals surface area contributed by atoms with Crippen molar-refractivity contribution in [1.82, 2.24) is 0 Å². The van der Waals surface area contributed by atoms with Crippen molar-refractivity contribution < 1.29 is 9.59 Å². The normalized spacial score (nSPS) is 14.7. The number of carbonyl (C=O) groups excluding carboxylic acids is 2. The van der Waals surface area contributed by atoms with Gasteiger partial charge in [-0.05, 0) is 48.7 Å². The van der Waals surface area contributed by atoms with Crippen LogP contribution in [0.1, 0.15) is 37.7 Å². The molecular formula is C21H23ClN2O2. The Balaban J connectivity index is 1.57. The van der Waals surface area contributed by atoms with Crippen molar-refractivity contribution in [3.63, 3.8) is 0 Å². The Morgan fingerprint density at radius 1 is 0.923 bits per heavy atom. The van der Waals surface area contributed by atoms with Crippen LogP contribution in [0.15, 0.2) is 48.5 Å². The Morgan fingerprint density at radius 2 is 1.58 bits per heavy atom. The molecule has 1 aliphatic rings. The van der Waals surface area contributed by atoms with E-state index in [2.05, 4.69) is 10.6 Å². The zero-order valence-corrected chi connectivity index (χ0v) is 15.4. The molecule has 0 aliphatic heterocycles. The summed E-state index contributed by atoms with van der Waals surface area (Å²) in [5.41, 5.74) is 2.28. The van der Waals surface area contributed by atoms with Gasteiger partial charge in [0.1, 0.15) is 0 Å². The van der Waals surface area contributed by atoms with E-state index in [1.807, 2.05) is 30.3 Å². The maximum absolute atomic E-state index is 12.4. The van der Waals surface area contributed by atoms with E-state index < -0.39 is 0 Å². The third kappa shape index (κ3) is 5.33. The SMILES string of the molecule is O=C(Cc1ccc(Cl)cc1)Nc1cccc(NC(=O)C2CCCCC2)c1. The predicted molar refractivity (Wildman–Crippen MR) is 105 cm³/mol. The van der Waals surface area contributed by atoms with E-state index in [0.29, 0.717) is 16.4 Å². The van der Waals surface area contributed by atoms with Crippen LogP contribution in [-0.2, 0) is 16.0 Å². The molecule has 0 spiro atoms. The summed E-state index contributed by atoms with van der Waals surface area (Å²) < 4.78 is 0. The lowest BCUT2D eigenvalue weighted by molar-refractivity contribution is -0.120. The van der Waals surface area contributed by atoms with Crippen LogP contribution in [0.25, 0.3) is 0 Å². The highest BCUT2D eigenvalue weighted by atomic mass is 35.5. The zero-order valence-electron chi connectivity index (χ0n) is 14.6. The van der Waals surface area contributed by atoms with Gasteiger partial charge in [0.15, 0.2) is 0 Å². The van der Waals surface area contributed by atoms with Gasteiger partial charge in [0.25, 0.3) is 0 Å². The molecule has 1 fully saturated rings. The smallest absolute Gasteiger partial charge is 0.228 e. The van der Waals surface area contributed by atoms with Gasteiger partial charge in [-0.15, -0.1) is 0 Å². The minimum atomic E-state index is -0.108. The van der Waals surface area contributed by atoms with Crippen LogP contribution in [0, 0.1) is 5.92 Å². The zero-order chi connectivity index (χ0) is 18.4. The number of benzene rings is 2. The number of amides is 2. The van der Waals surface area contributed by atoms with Gasteiger partial charge in [0.05, 0.1) is 6.42 Å². The largest absolute Gasteiger partial charge is 0.326 e. The molecule has 2 aromatic carbocycles. The van der Waals surface area contributed by atoms with Crippen molar-refractivity contribution in [2.24, 2.45) is 5.92 Å². The maximum Gasteiger partial charge on any atom is 0.228 e. The first-order chi connectivity index (χ1) is 12.6. The number of hydrogen-bond acceptors (Lipinski definition) is 2. The van der Waals surface area contributed by atoms with Gasteiger partial charge in [0.2, 0.25) is 11.8 Å². The Kier molecular flexibility index (Phi) is 6.29. The van der Waals surface area contributed by atoms with Crippen molar-refractivity contribution in [1.29, 1.82) is 0 Å². The van der Waals surface area contributed by atoms with E-state index in [4.69, 9.17) is 11.6 Å². The standard InChI is InChI=1S/C21H23ClN2O2/c22-17-11-9-15(10-12-17)13-20(25)23-18-7-4-8-19(14-18)24-21(26)16-5-2-1-3-6-16/h4,7-12,14,16H,1-3,5-6,13H2,(H,23,25)(H,24,26). The van der Waals surface area contributed by atoms with Gasteiger partial charge >= 0.3 is 0 Å². The average Bonchev–Trinajstić information content (AvgIpc) is 2.64. The van der Waals surface area contributed by atoms with Crippen LogP contribution in [0.5, 0.6) is 0 Å². The van der Waals surface area contributed by atoms with E-state index in [1.54, 1.807) is 18.2 Å². The van der Waals surface area contributed by atoms with Gasteiger partial charge in [-0.3, -0.25) is 9.59 Å². The summed E-state index contributed by atoms with van der Waals surface area (Å²) >= 11 is 5.86. The summed E-state index contributed by atoms with van der Waals surface area (Å²) in [6.07, 6.45) is 5.67. The monoisotopic (exact) mass is 370 g/mol. The van der Waals surface area contributed by atoms with Crippen molar-refractivity contribution in [3.05, 3.63) is 59.1 Å². The summed E-state index contributed by atoms with van der Waals surface area (Å²) in [6.45, 7) is 0. The fraction of sp³-hybridized carbons (Fsp3) is 0.333. The van der Waals surface area contributed by atoms with E-state index in [0.717, 1.165) is 31.2 Å². The lowest BCUT2D eigenvalue weighted by Gasteiger charge is -2.20. The lowest BCUT2D eigenvalue weighted by atomic mass is 9.88. The van der Waals surface area contributed by atoms with Crippen molar-refractivity contribution in [2.45, 2.75) is 38.5 Å². The first kappa shape index (κ1) is 18.5. The first-order valence-electron chi connectivity index (χ1n) is 9.05. The Morgan fingerprint density at radius 3 is 2.27 bits per heavy atom. The van der Waals surface area contributed by atoms with E-state index in [-0.39, 0.29) is 24.2 Å². The second-order valence-corrected chi connectivity index (χ2v) is 7.19. The van der Waals surface area contributed by atoms with Gasteiger partial charge in [0, 0.05) is 22.3 Å². The summed E-state index contributed by atoms with van der Waals surface area (Å²) in [7, 11) is 0. The third-order valence-electron chi connectivity index (χ3n) is 4.67. The van der Waals surface area contributed by atoms with Gasteiger partial charge < -0.3 is 10.6 Å². The van der Waals surface area contributed by atoms with Crippen LogP contribution < -0.4 is 10.6 Å². The molecule has 0 saturated heterocycles. The average molecular weight is 371 g/mol. The number of nitrogens with one attached hydrogen (secondary N) is 2. The fourth-order valence-corrected chi connectivity index (χ4v) is 3.40. The molecule has 136 valence electrons. The molecule has 3 rings (SSSR count). The predicted octanol–water partition coefficient (Wildman–Crippen LogP) is 5.04. The number of anilines is 2. The van der Waals surface area contributed by atoms with Crippen LogP contribution in [0.4, 0.5) is 11.4 Å². The summed E-state index contributed by atoms with van der Waals surface area (Å²) in [6, 6.07) is 14.5. The number of hydrogen-bond donors (Lipinski definition) is 2. The molecule has 0 aromatic heterocycles. The lowest BCUT2D eigenvalue weighted by Crippen LogP contribution is -2.24. The molecule has 5 heteroatoms. The molecular weight excluding hydrogens is 348 g/mol. The van der Waals surface area contributed by atoms with Crippen molar-refractivity contribution in [3.8, 4) is 0 Å². The Hall–Kier alpha value is -2.33. The fourth-order valence-electron chi connectivity index (χ4n) is 3.28. The molecule has 4 nitrogen and oxygen atoms in total. The summed E-state index contributed by atoms with van der Waals surface area (Å²) in [4.78, 5) is 24.6. The van der Waals surface area contributed by atoms with Crippen LogP contribution in [0.2, 0.25) is 5.02 Å². The molecule has 26 heavy (non-hydrogen) atoms. The Bertz CT molecular complexity index is 768. The van der Waals surface area contributed by atoms with Crippen LogP contribution in [0.3, 0.4) is 0 Å². The molecule has 0 atom stereocenters. The first-order valence-corrected chi connectivity index (χ1v) is 9.43. The quantitative estimate of drug-likeness (QED) is 0.774. The highest BCUT2D eigenvalue weighted by Crippen LogP contribution is 2.25. The maximum atomic E-state index is 12.4. The molecule has 0 radical (unpaired) electrons. The Labute approximate surface area is 158 Å². The van der Waals surface area contributed by atoms with Crippen molar-refractivity contribution >= 4 is 34.8 Å². The molecule has 2 aromatic rings. The molecule has 2 N–H and O–H groups in total. The summed E-state index contributed by atoms with van der Waals surface area (Å²) in [5.74, 6) is 0.0734. The van der Waals surface area contributed by atoms with E-state index in [1.165, 1.54) is 6.42 Å². The number of halogens is 1. The minimum Gasteiger partial charge on any atom is -0.326 e. The second-order valence-electron chi connectivity index (χ2n) is 6.76.